The van der Waals surface area contributed by atoms with Crippen LogP contribution in [0.25, 0.3) is 22.3 Å². The number of aromatic nitrogens is 6. The first-order valence-corrected chi connectivity index (χ1v) is 12.9. The number of alkyl halides is 3. The number of rotatable bonds is 4. The highest BCUT2D eigenvalue weighted by Crippen LogP contribution is 2.32. The van der Waals surface area contributed by atoms with E-state index in [9.17, 15) is 27.5 Å². The van der Waals surface area contributed by atoms with E-state index >= 15 is 4.39 Å². The third-order valence-electron chi connectivity index (χ3n) is 7.46. The number of aliphatic hydroxyl groups excluding tert-OH is 1. The minimum atomic E-state index is -4.51. The molecule has 0 spiro atoms. The fraction of sp³-hybridized carbons (Fsp3) is 0.385. The van der Waals surface area contributed by atoms with Crippen LogP contribution in [0.15, 0.2) is 36.8 Å². The average molecular weight is 575 g/mol. The number of likely N-dealkylation sites (tertiary alicyclic amines) is 1. The zero-order chi connectivity index (χ0) is 28.9. The maximum atomic E-state index is 15.1. The van der Waals surface area contributed by atoms with Gasteiger partial charge in [0.15, 0.2) is 11.6 Å². The number of fused-ring (bicyclic) bond motifs is 1. The Kier molecular flexibility index (Phi) is 6.76. The highest BCUT2D eigenvalue weighted by atomic mass is 19.4. The van der Waals surface area contributed by atoms with Crippen molar-refractivity contribution in [2.75, 3.05) is 31.1 Å². The van der Waals surface area contributed by atoms with Crippen LogP contribution in [-0.2, 0) is 6.18 Å². The number of piperidine rings is 1. The number of anilines is 1. The Morgan fingerprint density at radius 3 is 2.34 bits per heavy atom. The molecular weight excluding hydrogens is 551 g/mol. The van der Waals surface area contributed by atoms with Crippen LogP contribution in [0.3, 0.4) is 0 Å². The fourth-order valence-electron chi connectivity index (χ4n) is 5.21. The first kappa shape index (κ1) is 26.9. The van der Waals surface area contributed by atoms with Crippen molar-refractivity contribution < 1.29 is 31.9 Å². The van der Waals surface area contributed by atoms with Gasteiger partial charge in [0.1, 0.15) is 11.0 Å². The standard InChI is InChI=1S/C26H23F5N8O2/c27-22-17(1-2-18(23(22)28)24(41)38-8-5-16(40)13-38)19-9-20-21(12-32-19)39(36-35-20)15-3-6-37(7-4-15)25-33-10-14(11-34-25)26(29,30)31/h1-2,9-12,15-16,40H,3-8,13H2/t16-/m1/s1. The van der Waals surface area contributed by atoms with Crippen LogP contribution >= 0.6 is 0 Å². The molecule has 1 aromatic carbocycles. The van der Waals surface area contributed by atoms with Crippen LogP contribution < -0.4 is 4.90 Å². The number of nitrogens with zero attached hydrogens (tertiary/aromatic N) is 8. The van der Waals surface area contributed by atoms with E-state index in [1.807, 2.05) is 0 Å². The second-order valence-corrected chi connectivity index (χ2v) is 10.1. The normalized spacial score (nSPS) is 18.4. The molecule has 214 valence electrons. The molecule has 1 atom stereocenters. The van der Waals surface area contributed by atoms with E-state index in [0.29, 0.717) is 43.4 Å². The van der Waals surface area contributed by atoms with Crippen LogP contribution in [0.1, 0.15) is 41.2 Å². The fourth-order valence-corrected chi connectivity index (χ4v) is 5.21. The van der Waals surface area contributed by atoms with Crippen molar-refractivity contribution in [1.29, 1.82) is 0 Å². The number of aliphatic hydroxyl groups is 1. The minimum Gasteiger partial charge on any atom is -0.391 e. The molecule has 6 rings (SSSR count). The number of halogens is 5. The molecule has 1 N–H and O–H groups in total. The van der Waals surface area contributed by atoms with Crippen LogP contribution in [-0.4, -0.2) is 78.1 Å². The average Bonchev–Trinajstić information content (AvgIpc) is 3.60. The van der Waals surface area contributed by atoms with Crippen LogP contribution in [0.5, 0.6) is 0 Å². The lowest BCUT2D eigenvalue weighted by atomic mass is 10.0. The molecule has 0 saturated carbocycles. The molecule has 5 heterocycles. The van der Waals surface area contributed by atoms with Crippen LogP contribution in [0.2, 0.25) is 0 Å². The van der Waals surface area contributed by atoms with Gasteiger partial charge < -0.3 is 14.9 Å². The summed E-state index contributed by atoms with van der Waals surface area (Å²) < 4.78 is 70.1. The summed E-state index contributed by atoms with van der Waals surface area (Å²) >= 11 is 0. The van der Waals surface area contributed by atoms with Crippen molar-refractivity contribution in [3.63, 3.8) is 0 Å². The highest BCUT2D eigenvalue weighted by molar-refractivity contribution is 5.95. The predicted octanol–water partition coefficient (Wildman–Crippen LogP) is 3.63. The number of amides is 1. The summed E-state index contributed by atoms with van der Waals surface area (Å²) in [7, 11) is 0. The van der Waals surface area contributed by atoms with Gasteiger partial charge in [0.2, 0.25) is 5.95 Å². The molecule has 15 heteroatoms. The summed E-state index contributed by atoms with van der Waals surface area (Å²) in [5.74, 6) is -2.98. The Morgan fingerprint density at radius 1 is 0.951 bits per heavy atom. The van der Waals surface area contributed by atoms with Gasteiger partial charge in [0.25, 0.3) is 5.91 Å². The Balaban J connectivity index is 1.17. The number of pyridine rings is 1. The van der Waals surface area contributed by atoms with Gasteiger partial charge in [-0.1, -0.05) is 5.21 Å². The van der Waals surface area contributed by atoms with Gasteiger partial charge in [0, 0.05) is 44.1 Å². The molecule has 0 aliphatic carbocycles. The third kappa shape index (κ3) is 5.05. The molecule has 0 unspecified atom stereocenters. The smallest absolute Gasteiger partial charge is 0.391 e. The molecule has 10 nitrogen and oxygen atoms in total. The molecule has 0 bridgehead atoms. The first-order chi connectivity index (χ1) is 19.6. The van der Waals surface area contributed by atoms with Crippen molar-refractivity contribution in [3.8, 4) is 11.3 Å². The third-order valence-corrected chi connectivity index (χ3v) is 7.46. The SMILES string of the molecule is O=C(c1ccc(-c2cc3nnn(C4CCN(c5ncc(C(F)(F)F)cn5)CC4)c3cn2)c(F)c1F)N1CC[C@@H](O)C1. The number of carbonyl (C=O) groups is 1. The van der Waals surface area contributed by atoms with Gasteiger partial charge in [-0.3, -0.25) is 9.78 Å². The lowest BCUT2D eigenvalue weighted by molar-refractivity contribution is -0.138. The summed E-state index contributed by atoms with van der Waals surface area (Å²) in [6.07, 6.45) is -0.626. The van der Waals surface area contributed by atoms with Gasteiger partial charge >= 0.3 is 6.18 Å². The number of hydrogen-bond donors (Lipinski definition) is 1. The second kappa shape index (κ2) is 10.3. The topological polar surface area (TPSA) is 113 Å². The van der Waals surface area contributed by atoms with Crippen molar-refractivity contribution in [2.45, 2.75) is 37.6 Å². The molecular formula is C26H23F5N8O2. The van der Waals surface area contributed by atoms with Gasteiger partial charge in [-0.2, -0.15) is 13.2 Å². The number of carbonyl (C=O) groups excluding carboxylic acids is 1. The maximum Gasteiger partial charge on any atom is 0.419 e. The number of hydrogen-bond acceptors (Lipinski definition) is 8. The van der Waals surface area contributed by atoms with Gasteiger partial charge in [-0.15, -0.1) is 5.10 Å². The quantitative estimate of drug-likeness (QED) is 0.368. The summed E-state index contributed by atoms with van der Waals surface area (Å²) in [4.78, 5) is 27.7. The monoisotopic (exact) mass is 574 g/mol. The highest BCUT2D eigenvalue weighted by Gasteiger charge is 2.32. The molecule has 2 aliphatic rings. The number of benzene rings is 1. The van der Waals surface area contributed by atoms with Crippen molar-refractivity contribution >= 4 is 22.9 Å². The summed E-state index contributed by atoms with van der Waals surface area (Å²) in [6, 6.07) is 3.90. The summed E-state index contributed by atoms with van der Waals surface area (Å²) in [5.41, 5.74) is -0.354. The summed E-state index contributed by atoms with van der Waals surface area (Å²) in [5, 5.41) is 18.1. The molecule has 41 heavy (non-hydrogen) atoms. The Bertz CT molecular complexity index is 1600. The van der Waals surface area contributed by atoms with E-state index in [4.69, 9.17) is 0 Å². The van der Waals surface area contributed by atoms with Gasteiger partial charge in [-0.25, -0.2) is 23.4 Å². The van der Waals surface area contributed by atoms with Gasteiger partial charge in [-0.05, 0) is 37.5 Å². The Morgan fingerprint density at radius 2 is 1.68 bits per heavy atom. The van der Waals surface area contributed by atoms with E-state index in [1.165, 1.54) is 29.3 Å². The van der Waals surface area contributed by atoms with Gasteiger partial charge in [0.05, 0.1) is 35.2 Å². The first-order valence-electron chi connectivity index (χ1n) is 12.9. The molecule has 1 amide bonds. The predicted molar refractivity (Wildman–Crippen MR) is 135 cm³/mol. The number of β-amino-alcohol motifs (C(OH)–C–C–N with tert-alkyl or cyclic N) is 1. The molecule has 4 aromatic rings. The van der Waals surface area contributed by atoms with Crippen molar-refractivity contribution in [3.05, 3.63) is 59.6 Å². The van der Waals surface area contributed by atoms with Crippen molar-refractivity contribution in [2.24, 2.45) is 0 Å². The van der Waals surface area contributed by atoms with Crippen molar-refractivity contribution in [1.82, 2.24) is 34.8 Å². The molecule has 3 aromatic heterocycles. The van der Waals surface area contributed by atoms with E-state index < -0.39 is 40.9 Å². The van der Waals surface area contributed by atoms with E-state index in [1.54, 1.807) is 9.58 Å². The largest absolute Gasteiger partial charge is 0.419 e. The zero-order valence-corrected chi connectivity index (χ0v) is 21.4. The zero-order valence-electron chi connectivity index (χ0n) is 21.4. The lowest BCUT2D eigenvalue weighted by Crippen LogP contribution is -2.36. The lowest BCUT2D eigenvalue weighted by Gasteiger charge is -2.32. The minimum absolute atomic E-state index is 0.0668. The van der Waals surface area contributed by atoms with Crippen LogP contribution in [0.4, 0.5) is 27.9 Å². The summed E-state index contributed by atoms with van der Waals surface area (Å²) in [6.45, 7) is 1.29. The molecule has 2 saturated heterocycles. The van der Waals surface area contributed by atoms with Crippen LogP contribution in [0, 0.1) is 11.6 Å². The molecule has 0 radical (unpaired) electrons. The van der Waals surface area contributed by atoms with E-state index in [0.717, 1.165) is 12.4 Å². The Labute approximate surface area is 229 Å². The molecule has 2 aliphatic heterocycles. The maximum absolute atomic E-state index is 15.1. The Hall–Kier alpha value is -4.27. The molecule has 2 fully saturated rings. The van der Waals surface area contributed by atoms with E-state index in [2.05, 4.69) is 25.3 Å². The second-order valence-electron chi connectivity index (χ2n) is 10.1. The van der Waals surface area contributed by atoms with E-state index in [-0.39, 0.29) is 36.3 Å².